The van der Waals surface area contributed by atoms with Gasteiger partial charge in [-0.25, -0.2) is 4.79 Å². The second-order valence-corrected chi connectivity index (χ2v) is 4.15. The van der Waals surface area contributed by atoms with E-state index in [0.29, 0.717) is 0 Å². The molecule has 3 N–H and O–H groups in total. The van der Waals surface area contributed by atoms with Crippen LogP contribution in [-0.4, -0.2) is 45.4 Å². The van der Waals surface area contributed by atoms with Crippen LogP contribution in [0.3, 0.4) is 0 Å². The van der Waals surface area contributed by atoms with E-state index in [1.165, 1.54) is 6.92 Å². The number of carboxylic acids is 1. The number of carboxylic acid groups (broad SMARTS) is 1. The molecule has 1 atom stereocenters. The molecule has 0 radical (unpaired) electrons. The van der Waals surface area contributed by atoms with Crippen molar-refractivity contribution in [3.8, 4) is 0 Å². The molecule has 100 valence electrons. The van der Waals surface area contributed by atoms with Gasteiger partial charge in [-0.15, -0.1) is 0 Å². The number of aromatic amines is 1. The van der Waals surface area contributed by atoms with E-state index < -0.39 is 12.0 Å². The first-order valence-corrected chi connectivity index (χ1v) is 5.63. The largest absolute Gasteiger partial charge is 0.480 e. The third-order valence-corrected chi connectivity index (χ3v) is 2.77. The van der Waals surface area contributed by atoms with Crippen LogP contribution in [0.2, 0.25) is 0 Å². The summed E-state index contributed by atoms with van der Waals surface area (Å²) in [6, 6.07) is 6.75. The maximum Gasteiger partial charge on any atom is 0.326 e. The molecule has 5 nitrogen and oxygen atoms in total. The summed E-state index contributed by atoms with van der Waals surface area (Å²) >= 11 is 0. The lowest BCUT2D eigenvalue weighted by atomic mass is 10.1. The predicted molar refractivity (Wildman–Crippen MR) is 77.2 cm³/mol. The van der Waals surface area contributed by atoms with Gasteiger partial charge in [0.25, 0.3) is 0 Å². The molecule has 0 bridgehead atoms. The van der Waals surface area contributed by atoms with Crippen LogP contribution in [0.1, 0.15) is 12.5 Å². The van der Waals surface area contributed by atoms with Crippen LogP contribution in [0.15, 0.2) is 30.5 Å². The number of hydrogen-bond donors (Lipinski definition) is 3. The van der Waals surface area contributed by atoms with Crippen LogP contribution in [0.5, 0.6) is 0 Å². The Bertz CT molecular complexity index is 594. The molecular formula is C13H17AlN2O3. The minimum Gasteiger partial charge on any atom is -0.480 e. The molecule has 6 heteroatoms. The molecule has 0 aliphatic rings. The normalized spacial score (nSPS) is 11.6. The maximum absolute atomic E-state index is 11.1. The van der Waals surface area contributed by atoms with Crippen LogP contribution in [-0.2, 0) is 16.0 Å². The molecular weight excluding hydrogens is 259 g/mol. The Morgan fingerprint density at radius 2 is 2.05 bits per heavy atom. The number of para-hydroxylation sites is 1. The topological polar surface area (TPSA) is 82.2 Å². The van der Waals surface area contributed by atoms with Crippen molar-refractivity contribution >= 4 is 40.1 Å². The Labute approximate surface area is 121 Å². The Morgan fingerprint density at radius 3 is 2.68 bits per heavy atom. The quantitative estimate of drug-likeness (QED) is 0.693. The fourth-order valence-electron chi connectivity index (χ4n) is 1.97. The first kappa shape index (κ1) is 15.3. The molecule has 1 heterocycles. The zero-order chi connectivity index (χ0) is 13.1. The monoisotopic (exact) mass is 276 g/mol. The molecule has 0 aliphatic heterocycles. The van der Waals surface area contributed by atoms with Gasteiger partial charge in [0.2, 0.25) is 5.91 Å². The van der Waals surface area contributed by atoms with Gasteiger partial charge in [-0.3, -0.25) is 4.79 Å². The van der Waals surface area contributed by atoms with Gasteiger partial charge >= 0.3 is 5.97 Å². The fraction of sp³-hybridized carbons (Fsp3) is 0.231. The molecule has 0 aliphatic carbocycles. The summed E-state index contributed by atoms with van der Waals surface area (Å²) in [5.74, 6) is -1.38. The highest BCUT2D eigenvalue weighted by molar-refractivity contribution is 5.86. The first-order valence-electron chi connectivity index (χ1n) is 5.63. The van der Waals surface area contributed by atoms with E-state index in [0.717, 1.165) is 16.5 Å². The van der Waals surface area contributed by atoms with Gasteiger partial charge in [0.15, 0.2) is 17.4 Å². The summed E-state index contributed by atoms with van der Waals surface area (Å²) in [4.78, 5) is 25.1. The Hall–Kier alpha value is -1.77. The van der Waals surface area contributed by atoms with Gasteiger partial charge in [-0.2, -0.15) is 0 Å². The van der Waals surface area contributed by atoms with E-state index in [4.69, 9.17) is 5.11 Å². The van der Waals surface area contributed by atoms with Crippen LogP contribution in [0, 0.1) is 0 Å². The smallest absolute Gasteiger partial charge is 0.326 e. The summed E-state index contributed by atoms with van der Waals surface area (Å²) in [7, 11) is 0. The number of hydrogen-bond acceptors (Lipinski definition) is 2. The molecule has 2 rings (SSSR count). The number of fused-ring (bicyclic) bond motifs is 1. The zero-order valence-electron chi connectivity index (χ0n) is 9.93. The summed E-state index contributed by atoms with van der Waals surface area (Å²) in [5.41, 5.74) is 1.84. The zero-order valence-corrected chi connectivity index (χ0v) is 9.93. The van der Waals surface area contributed by atoms with E-state index in [1.807, 2.05) is 24.3 Å². The lowest BCUT2D eigenvalue weighted by Gasteiger charge is -2.12. The highest BCUT2D eigenvalue weighted by Crippen LogP contribution is 2.19. The highest BCUT2D eigenvalue weighted by Gasteiger charge is 2.20. The Balaban J connectivity index is 0.00000180. The number of nitrogens with one attached hydrogen (secondary N) is 2. The average Bonchev–Trinajstić information content (AvgIpc) is 2.71. The number of aromatic nitrogens is 1. The molecule has 1 aromatic carbocycles. The number of carbonyl (C=O) groups is 2. The van der Waals surface area contributed by atoms with Gasteiger partial charge in [0.05, 0.1) is 0 Å². The van der Waals surface area contributed by atoms with Crippen molar-refractivity contribution in [1.29, 1.82) is 0 Å². The van der Waals surface area contributed by atoms with Crippen molar-refractivity contribution < 1.29 is 14.7 Å². The van der Waals surface area contributed by atoms with Gasteiger partial charge in [0.1, 0.15) is 6.04 Å². The number of benzene rings is 1. The van der Waals surface area contributed by atoms with Gasteiger partial charge in [-0.1, -0.05) is 18.2 Å². The SMILES string of the molecule is CC(=O)NC(Cc1c[nH]c2ccccc12)C(=O)O.[AlH3]. The first-order chi connectivity index (χ1) is 8.58. The van der Waals surface area contributed by atoms with Gasteiger partial charge in [-0.05, 0) is 11.6 Å². The molecule has 0 fully saturated rings. The van der Waals surface area contributed by atoms with Gasteiger partial charge in [0, 0.05) is 30.4 Å². The molecule has 0 saturated carbocycles. The minimum absolute atomic E-state index is 0. The third kappa shape index (κ3) is 3.60. The lowest BCUT2D eigenvalue weighted by molar-refractivity contribution is -0.141. The number of H-pyrrole nitrogens is 1. The lowest BCUT2D eigenvalue weighted by Crippen LogP contribution is -2.41. The highest BCUT2D eigenvalue weighted by atomic mass is 27.0. The average molecular weight is 276 g/mol. The van der Waals surface area contributed by atoms with Crippen molar-refractivity contribution in [2.75, 3.05) is 0 Å². The molecule has 1 unspecified atom stereocenters. The van der Waals surface area contributed by atoms with E-state index in [1.54, 1.807) is 6.20 Å². The molecule has 0 saturated heterocycles. The summed E-state index contributed by atoms with van der Waals surface area (Å²) in [5, 5.41) is 12.5. The van der Waals surface area contributed by atoms with E-state index >= 15 is 0 Å². The van der Waals surface area contributed by atoms with Crippen molar-refractivity contribution in [1.82, 2.24) is 10.3 Å². The second-order valence-electron chi connectivity index (χ2n) is 4.15. The van der Waals surface area contributed by atoms with Crippen molar-refractivity contribution in [2.24, 2.45) is 0 Å². The van der Waals surface area contributed by atoms with Crippen molar-refractivity contribution in [2.45, 2.75) is 19.4 Å². The Morgan fingerprint density at radius 1 is 1.37 bits per heavy atom. The standard InChI is InChI=1S/C13H14N2O3.Al.3H/c1-8(16)15-12(13(17)18)6-9-7-14-11-5-3-2-4-10(9)11;;;;/h2-5,7,12,14H,6H2,1H3,(H,15,16)(H,17,18);;;;. The van der Waals surface area contributed by atoms with Crippen LogP contribution < -0.4 is 5.32 Å². The minimum atomic E-state index is -1.03. The van der Waals surface area contributed by atoms with Crippen LogP contribution in [0.4, 0.5) is 0 Å². The molecule has 0 spiro atoms. The second kappa shape index (κ2) is 6.41. The van der Waals surface area contributed by atoms with E-state index in [-0.39, 0.29) is 29.7 Å². The van der Waals surface area contributed by atoms with E-state index in [2.05, 4.69) is 10.3 Å². The van der Waals surface area contributed by atoms with Crippen LogP contribution >= 0.6 is 0 Å². The summed E-state index contributed by atoms with van der Waals surface area (Å²) in [6.07, 6.45) is 2.04. The summed E-state index contributed by atoms with van der Waals surface area (Å²) < 4.78 is 0. The molecule has 1 amide bonds. The molecule has 19 heavy (non-hydrogen) atoms. The number of rotatable bonds is 4. The summed E-state index contributed by atoms with van der Waals surface area (Å²) in [6.45, 7) is 1.31. The van der Waals surface area contributed by atoms with E-state index in [9.17, 15) is 9.59 Å². The maximum atomic E-state index is 11.1. The fourth-order valence-corrected chi connectivity index (χ4v) is 1.97. The number of carbonyl (C=O) groups excluding carboxylic acids is 1. The van der Waals surface area contributed by atoms with Gasteiger partial charge < -0.3 is 15.4 Å². The number of amides is 1. The predicted octanol–water partition coefficient (Wildman–Crippen LogP) is 0.116. The van der Waals surface area contributed by atoms with Crippen molar-refractivity contribution in [3.05, 3.63) is 36.0 Å². The Kier molecular flexibility index (Phi) is 5.16. The number of aliphatic carboxylic acids is 1. The molecule has 2 aromatic rings. The van der Waals surface area contributed by atoms with Crippen molar-refractivity contribution in [3.63, 3.8) is 0 Å². The molecule has 1 aromatic heterocycles. The van der Waals surface area contributed by atoms with Crippen LogP contribution in [0.25, 0.3) is 10.9 Å². The third-order valence-electron chi connectivity index (χ3n) is 2.77.